The molecular weight excluding hydrogens is 390 g/mol. The molecule has 4 rings (SSSR count). The second-order valence-corrected chi connectivity index (χ2v) is 8.09. The maximum atomic E-state index is 12.9. The summed E-state index contributed by atoms with van der Waals surface area (Å²) in [5, 5.41) is 7.87. The van der Waals surface area contributed by atoms with Crippen molar-refractivity contribution in [3.8, 4) is 17.2 Å². The maximum absolute atomic E-state index is 12.9. The second kappa shape index (κ2) is 8.84. The first-order chi connectivity index (χ1) is 15.0. The fraction of sp³-hybridized carbons (Fsp3) is 0.360. The Balaban J connectivity index is 1.54. The molecule has 1 amide bonds. The summed E-state index contributed by atoms with van der Waals surface area (Å²) >= 11 is 0. The third-order valence-corrected chi connectivity index (χ3v) is 6.09. The smallest absolute Gasteiger partial charge is 0.225 e. The number of methoxy groups -OCH3 is 2. The number of carbonyl (C=O) groups excluding carboxylic acids is 1. The van der Waals surface area contributed by atoms with E-state index in [0.29, 0.717) is 11.5 Å². The number of aromatic nitrogens is 2. The van der Waals surface area contributed by atoms with E-state index in [4.69, 9.17) is 9.47 Å². The summed E-state index contributed by atoms with van der Waals surface area (Å²) in [6.45, 7) is 4.23. The van der Waals surface area contributed by atoms with Crippen LogP contribution in [0.4, 0.5) is 0 Å². The Labute approximate surface area is 183 Å². The molecular formula is C25H29N3O3. The number of hydrogen-bond acceptors (Lipinski definition) is 4. The van der Waals surface area contributed by atoms with Gasteiger partial charge < -0.3 is 14.8 Å². The van der Waals surface area contributed by atoms with Gasteiger partial charge in [0.25, 0.3) is 0 Å². The van der Waals surface area contributed by atoms with Gasteiger partial charge in [0.1, 0.15) is 11.5 Å². The molecule has 0 aliphatic heterocycles. The van der Waals surface area contributed by atoms with E-state index < -0.39 is 0 Å². The van der Waals surface area contributed by atoms with Crippen molar-refractivity contribution in [1.29, 1.82) is 0 Å². The third kappa shape index (κ3) is 4.29. The van der Waals surface area contributed by atoms with Crippen molar-refractivity contribution in [2.45, 2.75) is 45.6 Å². The molecule has 1 atom stereocenters. The molecule has 0 unspecified atom stereocenters. The van der Waals surface area contributed by atoms with Crippen molar-refractivity contribution in [3.05, 3.63) is 70.5 Å². The fourth-order valence-corrected chi connectivity index (χ4v) is 4.23. The van der Waals surface area contributed by atoms with Gasteiger partial charge in [-0.15, -0.1) is 0 Å². The van der Waals surface area contributed by atoms with Crippen LogP contribution in [-0.4, -0.2) is 29.9 Å². The number of rotatable bonds is 6. The van der Waals surface area contributed by atoms with Crippen LogP contribution in [-0.2, 0) is 17.6 Å². The summed E-state index contributed by atoms with van der Waals surface area (Å²) in [6.07, 6.45) is 5.01. The summed E-state index contributed by atoms with van der Waals surface area (Å²) in [4.78, 5) is 12.9. The molecule has 1 heterocycles. The van der Waals surface area contributed by atoms with Crippen LogP contribution in [0.25, 0.3) is 5.69 Å². The van der Waals surface area contributed by atoms with Crippen molar-refractivity contribution in [2.24, 2.45) is 0 Å². The van der Waals surface area contributed by atoms with E-state index in [-0.39, 0.29) is 18.4 Å². The van der Waals surface area contributed by atoms with E-state index in [0.717, 1.165) is 36.1 Å². The first kappa shape index (κ1) is 21.0. The fourth-order valence-electron chi connectivity index (χ4n) is 4.23. The predicted molar refractivity (Wildman–Crippen MR) is 120 cm³/mol. The lowest BCUT2D eigenvalue weighted by Crippen LogP contribution is -2.32. The number of benzene rings is 2. The molecule has 1 aliphatic carbocycles. The van der Waals surface area contributed by atoms with Gasteiger partial charge in [0.2, 0.25) is 5.91 Å². The largest absolute Gasteiger partial charge is 0.497 e. The summed E-state index contributed by atoms with van der Waals surface area (Å²) in [6, 6.07) is 11.9. The topological polar surface area (TPSA) is 65.4 Å². The highest BCUT2D eigenvalue weighted by molar-refractivity contribution is 5.80. The number of ether oxygens (including phenoxy) is 2. The Bertz CT molecular complexity index is 1100. The molecule has 1 aromatic heterocycles. The van der Waals surface area contributed by atoms with Crippen LogP contribution in [0.2, 0.25) is 0 Å². The second-order valence-electron chi connectivity index (χ2n) is 8.09. The van der Waals surface area contributed by atoms with Crippen molar-refractivity contribution >= 4 is 5.91 Å². The molecule has 3 aromatic rings. The number of aryl methyl sites for hydroxylation is 2. The van der Waals surface area contributed by atoms with E-state index in [2.05, 4.69) is 42.5 Å². The van der Waals surface area contributed by atoms with E-state index in [9.17, 15) is 4.79 Å². The maximum Gasteiger partial charge on any atom is 0.225 e. The summed E-state index contributed by atoms with van der Waals surface area (Å²) in [5.74, 6) is 1.35. The number of carbonyl (C=O) groups is 1. The molecule has 1 N–H and O–H groups in total. The molecule has 0 saturated carbocycles. The van der Waals surface area contributed by atoms with Gasteiger partial charge in [0, 0.05) is 16.8 Å². The van der Waals surface area contributed by atoms with Crippen LogP contribution in [0.1, 0.15) is 46.8 Å². The molecule has 0 bridgehead atoms. The van der Waals surface area contributed by atoms with E-state index in [1.54, 1.807) is 14.2 Å². The van der Waals surface area contributed by atoms with Gasteiger partial charge in [-0.2, -0.15) is 5.10 Å². The van der Waals surface area contributed by atoms with Crippen molar-refractivity contribution in [2.75, 3.05) is 14.2 Å². The van der Waals surface area contributed by atoms with Gasteiger partial charge >= 0.3 is 0 Å². The number of amides is 1. The van der Waals surface area contributed by atoms with Crippen LogP contribution in [0.15, 0.2) is 42.6 Å². The first-order valence-electron chi connectivity index (χ1n) is 10.6. The zero-order valence-electron chi connectivity index (χ0n) is 18.6. The van der Waals surface area contributed by atoms with E-state index in [1.165, 1.54) is 16.8 Å². The molecule has 0 spiro atoms. The first-order valence-corrected chi connectivity index (χ1v) is 10.6. The SMILES string of the molecule is COc1ccc(OC)c(CC(=O)N[C@@H]2CCCc3c2cnn3-c2ccc(C)c(C)c2)c1. The Morgan fingerprint density at radius 3 is 2.71 bits per heavy atom. The number of nitrogens with one attached hydrogen (secondary N) is 1. The minimum atomic E-state index is -0.0386. The molecule has 1 aliphatic rings. The van der Waals surface area contributed by atoms with Crippen molar-refractivity contribution < 1.29 is 14.3 Å². The molecule has 0 saturated heterocycles. The normalized spacial score (nSPS) is 15.3. The van der Waals surface area contributed by atoms with Crippen LogP contribution in [0.3, 0.4) is 0 Å². The molecule has 0 radical (unpaired) electrons. The highest BCUT2D eigenvalue weighted by atomic mass is 16.5. The zero-order valence-corrected chi connectivity index (χ0v) is 18.6. The summed E-state index contributed by atoms with van der Waals surface area (Å²) in [7, 11) is 3.22. The summed E-state index contributed by atoms with van der Waals surface area (Å²) < 4.78 is 12.7. The quantitative estimate of drug-likeness (QED) is 0.649. The Hall–Kier alpha value is -3.28. The molecule has 162 valence electrons. The molecule has 0 fully saturated rings. The zero-order chi connectivity index (χ0) is 22.0. The van der Waals surface area contributed by atoms with E-state index in [1.807, 2.05) is 29.1 Å². The van der Waals surface area contributed by atoms with Crippen LogP contribution in [0.5, 0.6) is 11.5 Å². The van der Waals surface area contributed by atoms with Gasteiger partial charge in [0.05, 0.1) is 38.6 Å². The van der Waals surface area contributed by atoms with Crippen LogP contribution >= 0.6 is 0 Å². The lowest BCUT2D eigenvalue weighted by molar-refractivity contribution is -0.121. The number of fused-ring (bicyclic) bond motifs is 1. The minimum Gasteiger partial charge on any atom is -0.497 e. The third-order valence-electron chi connectivity index (χ3n) is 6.09. The average molecular weight is 420 g/mol. The highest BCUT2D eigenvalue weighted by Crippen LogP contribution is 2.32. The Morgan fingerprint density at radius 1 is 1.13 bits per heavy atom. The number of nitrogens with zero attached hydrogens (tertiary/aromatic N) is 2. The standard InChI is InChI=1S/C25H29N3O3/c1-16-8-9-19(12-17(16)2)28-23-7-5-6-22(21(23)15-26-28)27-25(29)14-18-13-20(30-3)10-11-24(18)31-4/h8-13,15,22H,5-7,14H2,1-4H3,(H,27,29)/t22-/m1/s1. The van der Waals surface area contributed by atoms with Gasteiger partial charge in [-0.25, -0.2) is 4.68 Å². The lowest BCUT2D eigenvalue weighted by atomic mass is 9.92. The van der Waals surface area contributed by atoms with Gasteiger partial charge in [-0.05, 0) is 74.6 Å². The Kier molecular flexibility index (Phi) is 5.98. The highest BCUT2D eigenvalue weighted by Gasteiger charge is 2.26. The van der Waals surface area contributed by atoms with Gasteiger partial charge in [-0.3, -0.25) is 4.79 Å². The average Bonchev–Trinajstić information content (AvgIpc) is 3.21. The Morgan fingerprint density at radius 2 is 1.97 bits per heavy atom. The van der Waals surface area contributed by atoms with Crippen molar-refractivity contribution in [1.82, 2.24) is 15.1 Å². The molecule has 2 aromatic carbocycles. The van der Waals surface area contributed by atoms with Crippen LogP contribution in [0, 0.1) is 13.8 Å². The van der Waals surface area contributed by atoms with Crippen molar-refractivity contribution in [3.63, 3.8) is 0 Å². The number of hydrogen-bond donors (Lipinski definition) is 1. The van der Waals surface area contributed by atoms with E-state index >= 15 is 0 Å². The molecule has 6 nitrogen and oxygen atoms in total. The minimum absolute atomic E-state index is 0.0341. The van der Waals surface area contributed by atoms with Gasteiger partial charge in [0.15, 0.2) is 0 Å². The molecule has 6 heteroatoms. The summed E-state index contributed by atoms with van der Waals surface area (Å²) in [5.41, 5.74) is 6.67. The van der Waals surface area contributed by atoms with Crippen LogP contribution < -0.4 is 14.8 Å². The lowest BCUT2D eigenvalue weighted by Gasteiger charge is -2.24. The monoisotopic (exact) mass is 419 g/mol. The predicted octanol–water partition coefficient (Wildman–Crippen LogP) is 4.24. The molecule has 31 heavy (non-hydrogen) atoms. The van der Waals surface area contributed by atoms with Gasteiger partial charge in [-0.1, -0.05) is 6.07 Å².